The predicted octanol–water partition coefficient (Wildman–Crippen LogP) is 5.94. The van der Waals surface area contributed by atoms with E-state index in [0.717, 1.165) is 36.9 Å². The number of nitrogens with zero attached hydrogens (tertiary/aromatic N) is 2. The summed E-state index contributed by atoms with van der Waals surface area (Å²) in [5.74, 6) is -0.178. The molecular weight excluding hydrogens is 597 g/mol. The van der Waals surface area contributed by atoms with Gasteiger partial charge in [-0.15, -0.1) is 0 Å². The van der Waals surface area contributed by atoms with E-state index in [4.69, 9.17) is 5.73 Å². The molecule has 0 saturated heterocycles. The molecule has 1 aromatic carbocycles. The van der Waals surface area contributed by atoms with Crippen molar-refractivity contribution in [3.05, 3.63) is 35.5 Å². The van der Waals surface area contributed by atoms with Gasteiger partial charge in [-0.05, 0) is 95.0 Å². The van der Waals surface area contributed by atoms with Crippen molar-refractivity contribution in [2.75, 3.05) is 13.1 Å². The number of carbonyl (C=O) groups is 1. The van der Waals surface area contributed by atoms with Crippen molar-refractivity contribution < 1.29 is 21.6 Å². The van der Waals surface area contributed by atoms with E-state index in [1.165, 1.54) is 10.7 Å². The van der Waals surface area contributed by atoms with E-state index in [2.05, 4.69) is 9.29 Å². The lowest BCUT2D eigenvalue weighted by Gasteiger charge is -2.35. The molecule has 1 amide bonds. The number of aromatic nitrogens is 1. The average molecular weight is 651 g/mol. The number of nitrogens with two attached hydrogens (primary N) is 1. The molecule has 3 rings (SSSR count). The van der Waals surface area contributed by atoms with Crippen LogP contribution in [-0.4, -0.2) is 50.2 Å². The third-order valence-electron chi connectivity index (χ3n) is 8.83. The van der Waals surface area contributed by atoms with Gasteiger partial charge >= 0.3 is 0 Å². The van der Waals surface area contributed by atoms with Crippen molar-refractivity contribution >= 4 is 26.0 Å². The largest absolute Gasteiger partial charge is 0.369 e. The van der Waals surface area contributed by atoms with Gasteiger partial charge in [-0.2, -0.15) is 4.31 Å². The second kappa shape index (κ2) is 12.9. The minimum Gasteiger partial charge on any atom is -0.369 e. The number of hydrogen-bond acceptors (Lipinski definition) is 5. The number of nitrogens with one attached hydrogen (secondary N) is 1. The molecule has 3 N–H and O–H groups in total. The lowest BCUT2D eigenvalue weighted by Crippen LogP contribution is -2.45. The predicted molar refractivity (Wildman–Crippen MR) is 177 cm³/mol. The molecule has 2 aromatic rings. The van der Waals surface area contributed by atoms with Crippen LogP contribution < -0.4 is 10.5 Å². The number of primary amides is 1. The lowest BCUT2D eigenvalue weighted by molar-refractivity contribution is -0.125. The van der Waals surface area contributed by atoms with Crippen molar-refractivity contribution in [2.24, 2.45) is 17.1 Å². The average Bonchev–Trinajstić information content (AvgIpc) is 3.23. The summed E-state index contributed by atoms with van der Waals surface area (Å²) in [4.78, 5) is 12.3. The molecule has 11 heteroatoms. The Hall–Kier alpha value is -2.21. The fourth-order valence-electron chi connectivity index (χ4n) is 6.06. The first-order chi connectivity index (χ1) is 20.0. The van der Waals surface area contributed by atoms with E-state index in [0.29, 0.717) is 30.3 Å². The number of hydrogen-bond donors (Lipinski definition) is 2. The first-order valence-electron chi connectivity index (χ1n) is 15.7. The van der Waals surface area contributed by atoms with Crippen molar-refractivity contribution in [2.45, 2.75) is 129 Å². The van der Waals surface area contributed by atoms with Gasteiger partial charge in [0.2, 0.25) is 26.0 Å². The molecule has 9 nitrogen and oxygen atoms in total. The Labute approximate surface area is 266 Å². The summed E-state index contributed by atoms with van der Waals surface area (Å²) in [6.07, 6.45) is 5.67. The van der Waals surface area contributed by atoms with Crippen molar-refractivity contribution in [3.8, 4) is 11.3 Å². The van der Waals surface area contributed by atoms with E-state index in [1.807, 2.05) is 61.5 Å². The van der Waals surface area contributed by atoms with Crippen LogP contribution in [0, 0.1) is 18.3 Å². The van der Waals surface area contributed by atoms with Crippen LogP contribution in [0.2, 0.25) is 0 Å². The first-order valence-corrected chi connectivity index (χ1v) is 18.6. The third-order valence-corrected chi connectivity index (χ3v) is 12.6. The number of benzene rings is 1. The number of rotatable bonds is 11. The molecule has 1 saturated carbocycles. The van der Waals surface area contributed by atoms with Crippen LogP contribution in [0.5, 0.6) is 0 Å². The Morgan fingerprint density at radius 2 is 1.55 bits per heavy atom. The van der Waals surface area contributed by atoms with E-state index in [1.54, 1.807) is 32.0 Å². The molecule has 0 unspecified atom stereocenters. The lowest BCUT2D eigenvalue weighted by atomic mass is 9.85. The van der Waals surface area contributed by atoms with Gasteiger partial charge in [-0.25, -0.2) is 21.6 Å². The van der Waals surface area contributed by atoms with Gasteiger partial charge in [0, 0.05) is 36.6 Å². The van der Waals surface area contributed by atoms with Gasteiger partial charge in [0.25, 0.3) is 0 Å². The molecule has 1 heterocycles. The quantitative estimate of drug-likeness (QED) is 0.311. The SMILES string of the molecule is CCN(C(C)(C)C)S(=O)(=O)c1ccc(-c2cc(S(=O)(=O)NCC(C)(C)C(N)=O)c(C)n2CC2CCCCC2)cc1C(C)(C)C. The molecule has 248 valence electrons. The highest BCUT2D eigenvalue weighted by Gasteiger charge is 2.37. The van der Waals surface area contributed by atoms with E-state index < -0.39 is 42.3 Å². The Morgan fingerprint density at radius 1 is 0.955 bits per heavy atom. The molecule has 44 heavy (non-hydrogen) atoms. The van der Waals surface area contributed by atoms with E-state index in [9.17, 15) is 21.6 Å². The minimum atomic E-state index is -3.99. The summed E-state index contributed by atoms with van der Waals surface area (Å²) in [6, 6.07) is 7.07. The first kappa shape index (κ1) is 36.3. The second-order valence-electron chi connectivity index (χ2n) is 15.0. The van der Waals surface area contributed by atoms with Crippen LogP contribution in [-0.2, 0) is 36.8 Å². The summed E-state index contributed by atoms with van der Waals surface area (Å²) in [6.45, 7) is 19.4. The van der Waals surface area contributed by atoms with Crippen molar-refractivity contribution in [1.82, 2.24) is 13.6 Å². The summed E-state index contributed by atoms with van der Waals surface area (Å²) in [5, 5.41) is 0. The minimum absolute atomic E-state index is 0.129. The zero-order valence-electron chi connectivity index (χ0n) is 28.4. The Balaban J connectivity index is 2.23. The standard InChI is InChI=1S/C33H54N4O5S2/c1-11-37(32(6,7)8)44(41,42)28-18-17-25(19-26(28)31(3,4)5)27-20-29(43(39,40)35-22-33(9,10)30(34)38)23(2)36(27)21-24-15-13-12-14-16-24/h17-20,24,35H,11-16,21-22H2,1-10H3,(H2,34,38). The molecule has 0 aliphatic heterocycles. The van der Waals surface area contributed by atoms with Gasteiger partial charge in [0.15, 0.2) is 0 Å². The molecule has 1 aromatic heterocycles. The highest BCUT2D eigenvalue weighted by atomic mass is 32.2. The normalized spacial score (nSPS) is 16.1. The zero-order chi connectivity index (χ0) is 33.5. The highest BCUT2D eigenvalue weighted by Crippen LogP contribution is 2.38. The van der Waals surface area contributed by atoms with Crippen LogP contribution in [0.1, 0.15) is 106 Å². The summed E-state index contributed by atoms with van der Waals surface area (Å²) < 4.78 is 61.6. The molecule has 0 bridgehead atoms. The smallest absolute Gasteiger partial charge is 0.243 e. The monoisotopic (exact) mass is 650 g/mol. The zero-order valence-corrected chi connectivity index (χ0v) is 30.0. The summed E-state index contributed by atoms with van der Waals surface area (Å²) in [7, 11) is -7.82. The maximum atomic E-state index is 14.0. The summed E-state index contributed by atoms with van der Waals surface area (Å²) >= 11 is 0. The van der Waals surface area contributed by atoms with Crippen LogP contribution in [0.25, 0.3) is 11.3 Å². The Bertz CT molecular complexity index is 1570. The Morgan fingerprint density at radius 3 is 2.05 bits per heavy atom. The molecular formula is C33H54N4O5S2. The van der Waals surface area contributed by atoms with Crippen LogP contribution >= 0.6 is 0 Å². The molecule has 1 aliphatic rings. The second-order valence-corrected chi connectivity index (χ2v) is 18.5. The maximum Gasteiger partial charge on any atom is 0.243 e. The maximum absolute atomic E-state index is 14.0. The van der Waals surface area contributed by atoms with E-state index in [-0.39, 0.29) is 16.3 Å². The molecule has 0 atom stereocenters. The van der Waals surface area contributed by atoms with E-state index >= 15 is 0 Å². The van der Waals surface area contributed by atoms with Crippen LogP contribution in [0.15, 0.2) is 34.1 Å². The van der Waals surface area contributed by atoms with Gasteiger partial charge in [-0.1, -0.05) is 53.0 Å². The number of carbonyl (C=O) groups excluding carboxylic acids is 1. The van der Waals surface area contributed by atoms with Gasteiger partial charge in [-0.3, -0.25) is 4.79 Å². The topological polar surface area (TPSA) is 132 Å². The number of amides is 1. The molecule has 1 fully saturated rings. The molecule has 0 spiro atoms. The number of sulfonamides is 2. The molecule has 1 aliphatic carbocycles. The Kier molecular flexibility index (Phi) is 10.6. The van der Waals surface area contributed by atoms with Gasteiger partial charge in [0.05, 0.1) is 10.3 Å². The third kappa shape index (κ3) is 7.77. The molecule has 0 radical (unpaired) electrons. The van der Waals surface area contributed by atoms with Gasteiger partial charge < -0.3 is 10.3 Å². The van der Waals surface area contributed by atoms with Crippen LogP contribution in [0.4, 0.5) is 0 Å². The summed E-state index contributed by atoms with van der Waals surface area (Å²) in [5.41, 5.74) is 6.08. The van der Waals surface area contributed by atoms with Crippen molar-refractivity contribution in [3.63, 3.8) is 0 Å². The highest BCUT2D eigenvalue weighted by molar-refractivity contribution is 7.89. The van der Waals surface area contributed by atoms with Crippen molar-refractivity contribution in [1.29, 1.82) is 0 Å². The van der Waals surface area contributed by atoms with Crippen LogP contribution in [0.3, 0.4) is 0 Å². The fourth-order valence-corrected chi connectivity index (χ4v) is 9.71. The fraction of sp³-hybridized carbons (Fsp3) is 0.667. The van der Waals surface area contributed by atoms with Gasteiger partial charge in [0.1, 0.15) is 4.90 Å².